The van der Waals surface area contributed by atoms with Gasteiger partial charge in [-0.2, -0.15) is 13.2 Å². The lowest BCUT2D eigenvalue weighted by molar-refractivity contribution is -0.155. The van der Waals surface area contributed by atoms with Crippen molar-refractivity contribution in [1.29, 1.82) is 0 Å². The molecule has 1 aromatic carbocycles. The summed E-state index contributed by atoms with van der Waals surface area (Å²) < 4.78 is 69.5. The first-order valence-electron chi connectivity index (χ1n) is 7.65. The van der Waals surface area contributed by atoms with E-state index < -0.39 is 22.0 Å². The maximum absolute atomic E-state index is 12.6. The van der Waals surface area contributed by atoms with Gasteiger partial charge < -0.3 is 4.52 Å². The molecule has 0 aliphatic carbocycles. The number of nitrogens with one attached hydrogen (secondary N) is 1. The van der Waals surface area contributed by atoms with Gasteiger partial charge in [-0.25, -0.2) is 13.1 Å². The molecule has 0 fully saturated rings. The summed E-state index contributed by atoms with van der Waals surface area (Å²) in [6.07, 6.45) is -3.97. The van der Waals surface area contributed by atoms with Crippen LogP contribution in [0.25, 0.3) is 11.3 Å². The minimum absolute atomic E-state index is 0.00492. The minimum atomic E-state index is -4.65. The lowest BCUT2D eigenvalue weighted by Gasteiger charge is -2.11. The van der Waals surface area contributed by atoms with Crippen molar-refractivity contribution in [2.75, 3.05) is 6.54 Å². The Morgan fingerprint density at radius 1 is 1.24 bits per heavy atom. The molecule has 25 heavy (non-hydrogen) atoms. The largest absolute Gasteiger partial charge is 0.452 e. The standard InChI is InChI=1S/C16H19F3N2O3S/c1-10(2)6-7-20-25(22,23)14-8-12(5-4-11(14)3)13-9-15(24-21-13)16(17,18)19/h4-5,8-10,20H,6-7H2,1-3H3. The topological polar surface area (TPSA) is 72.2 Å². The summed E-state index contributed by atoms with van der Waals surface area (Å²) in [7, 11) is -3.77. The zero-order valence-electron chi connectivity index (χ0n) is 14.0. The second-order valence-corrected chi connectivity index (χ2v) is 7.87. The predicted octanol–water partition coefficient (Wildman–Crippen LogP) is 3.99. The molecule has 5 nitrogen and oxygen atoms in total. The average Bonchev–Trinajstić information content (AvgIpc) is 2.96. The summed E-state index contributed by atoms with van der Waals surface area (Å²) in [5, 5.41) is 3.38. The van der Waals surface area contributed by atoms with Crippen LogP contribution in [0.4, 0.5) is 13.2 Å². The molecule has 2 rings (SSSR count). The molecular weight excluding hydrogens is 357 g/mol. The predicted molar refractivity (Wildman–Crippen MR) is 86.3 cm³/mol. The van der Waals surface area contributed by atoms with Crippen LogP contribution >= 0.6 is 0 Å². The number of sulfonamides is 1. The van der Waals surface area contributed by atoms with Crippen LogP contribution in [0.5, 0.6) is 0 Å². The van der Waals surface area contributed by atoms with Gasteiger partial charge in [-0.15, -0.1) is 0 Å². The number of aryl methyl sites for hydroxylation is 1. The third-order valence-electron chi connectivity index (χ3n) is 3.58. The molecule has 0 radical (unpaired) electrons. The Labute approximate surface area is 144 Å². The van der Waals surface area contributed by atoms with Crippen molar-refractivity contribution >= 4 is 10.0 Å². The smallest absolute Gasteiger partial charge is 0.351 e. The summed E-state index contributed by atoms with van der Waals surface area (Å²) in [6, 6.07) is 5.06. The molecule has 138 valence electrons. The highest BCUT2D eigenvalue weighted by Crippen LogP contribution is 2.33. The number of nitrogens with zero attached hydrogens (tertiary/aromatic N) is 1. The van der Waals surface area contributed by atoms with E-state index in [1.165, 1.54) is 18.2 Å². The molecule has 0 saturated heterocycles. The monoisotopic (exact) mass is 376 g/mol. The minimum Gasteiger partial charge on any atom is -0.351 e. The molecule has 0 spiro atoms. The van der Waals surface area contributed by atoms with Gasteiger partial charge in [0.15, 0.2) is 0 Å². The molecule has 0 bridgehead atoms. The number of rotatable bonds is 6. The molecule has 0 atom stereocenters. The average molecular weight is 376 g/mol. The normalized spacial score (nSPS) is 12.8. The van der Waals surface area contributed by atoms with Gasteiger partial charge in [0, 0.05) is 18.2 Å². The van der Waals surface area contributed by atoms with Gasteiger partial charge >= 0.3 is 6.18 Å². The van der Waals surface area contributed by atoms with Crippen molar-refractivity contribution < 1.29 is 26.1 Å². The van der Waals surface area contributed by atoms with E-state index in [9.17, 15) is 21.6 Å². The van der Waals surface area contributed by atoms with E-state index >= 15 is 0 Å². The molecule has 0 aliphatic rings. The first-order valence-corrected chi connectivity index (χ1v) is 9.13. The van der Waals surface area contributed by atoms with Gasteiger partial charge in [-0.1, -0.05) is 31.1 Å². The first-order chi connectivity index (χ1) is 11.5. The van der Waals surface area contributed by atoms with Crippen molar-refractivity contribution in [2.24, 2.45) is 5.92 Å². The van der Waals surface area contributed by atoms with Crippen LogP contribution in [0.2, 0.25) is 0 Å². The molecule has 0 amide bonds. The molecule has 0 aliphatic heterocycles. The molecule has 0 saturated carbocycles. The Morgan fingerprint density at radius 2 is 1.92 bits per heavy atom. The second-order valence-electron chi connectivity index (χ2n) is 6.13. The van der Waals surface area contributed by atoms with Crippen molar-refractivity contribution in [3.63, 3.8) is 0 Å². The maximum Gasteiger partial charge on any atom is 0.452 e. The van der Waals surface area contributed by atoms with Crippen molar-refractivity contribution in [3.8, 4) is 11.3 Å². The Balaban J connectivity index is 2.33. The summed E-state index contributed by atoms with van der Waals surface area (Å²) in [5.74, 6) is -0.895. The van der Waals surface area contributed by atoms with Gasteiger partial charge in [0.25, 0.3) is 0 Å². The number of alkyl halides is 3. The lowest BCUT2D eigenvalue weighted by Crippen LogP contribution is -2.26. The van der Waals surface area contributed by atoms with Crippen LogP contribution in [0.15, 0.2) is 33.7 Å². The van der Waals surface area contributed by atoms with Crippen LogP contribution < -0.4 is 4.72 Å². The van der Waals surface area contributed by atoms with E-state index in [1.54, 1.807) is 6.92 Å². The zero-order valence-corrected chi connectivity index (χ0v) is 14.8. The highest BCUT2D eigenvalue weighted by Gasteiger charge is 2.36. The molecule has 9 heteroatoms. The Morgan fingerprint density at radius 3 is 2.48 bits per heavy atom. The van der Waals surface area contributed by atoms with Crippen LogP contribution in [0.3, 0.4) is 0 Å². The van der Waals surface area contributed by atoms with E-state index in [-0.39, 0.29) is 22.7 Å². The van der Waals surface area contributed by atoms with Crippen molar-refractivity contribution in [2.45, 2.75) is 38.3 Å². The SMILES string of the molecule is Cc1ccc(-c2cc(C(F)(F)F)on2)cc1S(=O)(=O)NCCC(C)C. The van der Waals surface area contributed by atoms with E-state index in [0.29, 0.717) is 17.9 Å². The van der Waals surface area contributed by atoms with Crippen LogP contribution in [-0.2, 0) is 16.2 Å². The molecule has 0 unspecified atom stereocenters. The van der Waals surface area contributed by atoms with Gasteiger partial charge in [0.05, 0.1) is 4.90 Å². The van der Waals surface area contributed by atoms with Crippen LogP contribution in [0, 0.1) is 12.8 Å². The number of benzene rings is 1. The summed E-state index contributed by atoms with van der Waals surface area (Å²) >= 11 is 0. The van der Waals surface area contributed by atoms with E-state index in [2.05, 4.69) is 14.4 Å². The van der Waals surface area contributed by atoms with Crippen molar-refractivity contribution in [3.05, 3.63) is 35.6 Å². The quantitative estimate of drug-likeness (QED) is 0.827. The van der Waals surface area contributed by atoms with E-state index in [4.69, 9.17) is 0 Å². The zero-order chi connectivity index (χ0) is 18.8. The van der Waals surface area contributed by atoms with Gasteiger partial charge in [-0.3, -0.25) is 0 Å². The summed E-state index contributed by atoms with van der Waals surface area (Å²) in [5.41, 5.74) is 0.639. The maximum atomic E-state index is 12.6. The molecule has 2 aromatic rings. The van der Waals surface area contributed by atoms with Crippen LogP contribution in [0.1, 0.15) is 31.6 Å². The van der Waals surface area contributed by atoms with Crippen molar-refractivity contribution in [1.82, 2.24) is 9.88 Å². The number of hydrogen-bond acceptors (Lipinski definition) is 4. The Bertz CT molecular complexity index is 843. The molecule has 1 heterocycles. The fourth-order valence-corrected chi connectivity index (χ4v) is 3.47. The number of aromatic nitrogens is 1. The lowest BCUT2D eigenvalue weighted by atomic mass is 10.1. The van der Waals surface area contributed by atoms with Gasteiger partial charge in [-0.05, 0) is 30.9 Å². The highest BCUT2D eigenvalue weighted by molar-refractivity contribution is 7.89. The summed E-state index contributed by atoms with van der Waals surface area (Å²) in [4.78, 5) is 0.00492. The fourth-order valence-electron chi connectivity index (χ4n) is 2.15. The molecule has 1 N–H and O–H groups in total. The first kappa shape index (κ1) is 19.5. The summed E-state index contributed by atoms with van der Waals surface area (Å²) in [6.45, 7) is 5.85. The van der Waals surface area contributed by atoms with Gasteiger partial charge in [0.1, 0.15) is 5.69 Å². The van der Waals surface area contributed by atoms with Gasteiger partial charge in [0.2, 0.25) is 15.8 Å². The number of hydrogen-bond donors (Lipinski definition) is 1. The van der Waals surface area contributed by atoms with E-state index in [0.717, 1.165) is 6.07 Å². The Hall–Kier alpha value is -1.87. The Kier molecular flexibility index (Phi) is 5.58. The highest BCUT2D eigenvalue weighted by atomic mass is 32.2. The fraction of sp³-hybridized carbons (Fsp3) is 0.438. The van der Waals surface area contributed by atoms with Crippen LogP contribution in [-0.4, -0.2) is 20.1 Å². The second kappa shape index (κ2) is 7.17. The molecule has 1 aromatic heterocycles. The third-order valence-corrected chi connectivity index (χ3v) is 5.18. The van der Waals surface area contributed by atoms with E-state index in [1.807, 2.05) is 13.8 Å². The third kappa shape index (κ3) is 4.82. The molecular formula is C16H19F3N2O3S. The number of halogens is 3.